The fourth-order valence-electron chi connectivity index (χ4n) is 6.50. The van der Waals surface area contributed by atoms with Gasteiger partial charge in [0.2, 0.25) is 11.8 Å². The Hall–Kier alpha value is -3.82. The molecule has 0 radical (unpaired) electrons. The van der Waals surface area contributed by atoms with Gasteiger partial charge in [-0.2, -0.15) is 0 Å². The van der Waals surface area contributed by atoms with Crippen LogP contribution in [0.2, 0.25) is 0 Å². The van der Waals surface area contributed by atoms with E-state index in [1.807, 2.05) is 0 Å². The number of aliphatic hydroxyl groups excluding tert-OH is 1. The topological polar surface area (TPSA) is 143 Å². The number of nitrogens with one attached hydrogen (secondary N) is 1. The van der Waals surface area contributed by atoms with E-state index in [0.29, 0.717) is 10.9 Å². The van der Waals surface area contributed by atoms with Crippen molar-refractivity contribution in [3.05, 3.63) is 35.5 Å². The Balaban J connectivity index is 1.43. The second-order valence-corrected chi connectivity index (χ2v) is 14.2. The minimum absolute atomic E-state index is 0.0612. The highest BCUT2D eigenvalue weighted by Gasteiger charge is 2.38. The maximum atomic E-state index is 14.3. The molecule has 1 aliphatic heterocycles. The first kappa shape index (κ1) is 40.0. The Morgan fingerprint density at radius 2 is 1.53 bits per heavy atom. The number of ether oxygens (including phenoxy) is 3. The van der Waals surface area contributed by atoms with Gasteiger partial charge in [0, 0.05) is 51.2 Å². The summed E-state index contributed by atoms with van der Waals surface area (Å²) in [6.45, 7) is 8.71. The molecule has 4 amide bonds. The van der Waals surface area contributed by atoms with Crippen LogP contribution in [0.15, 0.2) is 18.2 Å². The number of aromatic nitrogens is 1. The van der Waals surface area contributed by atoms with Crippen LogP contribution in [0.3, 0.4) is 0 Å². The average molecular weight is 722 g/mol. The first-order chi connectivity index (χ1) is 24.2. The van der Waals surface area contributed by atoms with Gasteiger partial charge in [-0.05, 0) is 58.6 Å². The molecule has 1 aromatic carbocycles. The zero-order chi connectivity index (χ0) is 37.3. The molecule has 0 spiro atoms. The van der Waals surface area contributed by atoms with Crippen molar-refractivity contribution < 1.29 is 47.3 Å². The van der Waals surface area contributed by atoms with Crippen LogP contribution in [-0.4, -0.2) is 132 Å². The molecule has 2 heterocycles. The predicted molar refractivity (Wildman–Crippen MR) is 185 cm³/mol. The van der Waals surface area contributed by atoms with Gasteiger partial charge in [0.15, 0.2) is 11.6 Å². The fraction of sp³-hybridized carbons (Fsp3) is 0.667. The molecule has 2 unspecified atom stereocenters. The fourth-order valence-corrected chi connectivity index (χ4v) is 6.50. The third-order valence-electron chi connectivity index (χ3n) is 9.43. The molecule has 2 N–H and O–H groups in total. The summed E-state index contributed by atoms with van der Waals surface area (Å²) in [7, 11) is 1.49. The summed E-state index contributed by atoms with van der Waals surface area (Å²) in [5.74, 6) is -3.14. The second kappa shape index (κ2) is 18.1. The van der Waals surface area contributed by atoms with Crippen molar-refractivity contribution >= 4 is 34.7 Å². The minimum Gasteiger partial charge on any atom is -0.444 e. The number of carbonyl (C=O) groups excluding carboxylic acids is 4. The number of amides is 4. The van der Waals surface area contributed by atoms with Crippen molar-refractivity contribution in [3.63, 3.8) is 0 Å². The molecular formula is C36H53F2N5O8. The number of likely N-dealkylation sites (N-methyl/N-ethyl adjacent to an activating group) is 1. The maximum Gasteiger partial charge on any atom is 0.410 e. The molecular weight excluding hydrogens is 668 g/mol. The molecule has 15 heteroatoms. The molecule has 51 heavy (non-hydrogen) atoms. The predicted octanol–water partition coefficient (Wildman–Crippen LogP) is 3.55. The van der Waals surface area contributed by atoms with E-state index < -0.39 is 41.3 Å². The lowest BCUT2D eigenvalue weighted by Crippen LogP contribution is -2.59. The first-order valence-electron chi connectivity index (χ1n) is 17.8. The SMILES string of the molecule is CC(C(=O)NC(C(=O)N1CCN(C(=O)c2cc3cc(F)c(F)cc3n2CCOCCOCCO)CC1)C1CCCCC1)N(C)C(=O)OC(C)(C)C. The van der Waals surface area contributed by atoms with Gasteiger partial charge in [0.05, 0.1) is 38.6 Å². The van der Waals surface area contributed by atoms with Crippen LogP contribution in [0.4, 0.5) is 13.6 Å². The highest BCUT2D eigenvalue weighted by Crippen LogP contribution is 2.29. The summed E-state index contributed by atoms with van der Waals surface area (Å²) < 4.78 is 46.3. The summed E-state index contributed by atoms with van der Waals surface area (Å²) in [6.07, 6.45) is 3.89. The summed E-state index contributed by atoms with van der Waals surface area (Å²) in [5.41, 5.74) is -0.141. The molecule has 2 fully saturated rings. The Kier molecular flexibility index (Phi) is 14.2. The van der Waals surface area contributed by atoms with Crippen molar-refractivity contribution in [3.8, 4) is 0 Å². The number of rotatable bonds is 14. The molecule has 2 aromatic rings. The molecule has 4 rings (SSSR count). The zero-order valence-corrected chi connectivity index (χ0v) is 30.4. The van der Waals surface area contributed by atoms with Crippen LogP contribution in [0, 0.1) is 17.6 Å². The first-order valence-corrected chi connectivity index (χ1v) is 17.8. The van der Waals surface area contributed by atoms with E-state index in [4.69, 9.17) is 19.3 Å². The van der Waals surface area contributed by atoms with Gasteiger partial charge in [-0.15, -0.1) is 0 Å². The third kappa shape index (κ3) is 10.6. The standard InChI is InChI=1S/C36H53F2N5O8/c1-24(40(5)35(48)51-36(2,3)4)32(45)39-31(25-9-7-6-8-10-25)34(47)42-13-11-41(12-14-42)33(46)30-22-26-21-27(37)28(38)23-29(26)43(30)15-17-49-19-20-50-18-16-44/h21-25,31,44H,6-20H2,1-5H3,(H,39,45). The van der Waals surface area contributed by atoms with Gasteiger partial charge in [0.25, 0.3) is 5.91 Å². The van der Waals surface area contributed by atoms with E-state index >= 15 is 0 Å². The van der Waals surface area contributed by atoms with Gasteiger partial charge in [-0.3, -0.25) is 19.3 Å². The number of fused-ring (bicyclic) bond motifs is 1. The maximum absolute atomic E-state index is 14.3. The van der Waals surface area contributed by atoms with Gasteiger partial charge in [-0.25, -0.2) is 13.6 Å². The lowest BCUT2D eigenvalue weighted by Gasteiger charge is -2.39. The summed E-state index contributed by atoms with van der Waals surface area (Å²) in [5, 5.41) is 12.2. The number of nitrogens with zero attached hydrogens (tertiary/aromatic N) is 4. The smallest absolute Gasteiger partial charge is 0.410 e. The largest absolute Gasteiger partial charge is 0.444 e. The average Bonchev–Trinajstić information content (AvgIpc) is 3.45. The Morgan fingerprint density at radius 1 is 0.922 bits per heavy atom. The third-order valence-corrected chi connectivity index (χ3v) is 9.43. The van der Waals surface area contributed by atoms with Crippen molar-refractivity contribution in [2.24, 2.45) is 5.92 Å². The number of benzene rings is 1. The monoisotopic (exact) mass is 721 g/mol. The van der Waals surface area contributed by atoms with E-state index in [9.17, 15) is 28.0 Å². The Bertz CT molecular complexity index is 1510. The highest BCUT2D eigenvalue weighted by atomic mass is 19.2. The van der Waals surface area contributed by atoms with Gasteiger partial charge < -0.3 is 39.0 Å². The highest BCUT2D eigenvalue weighted by molar-refractivity contribution is 5.99. The minimum atomic E-state index is -1.03. The number of hydrogen-bond donors (Lipinski definition) is 2. The van der Waals surface area contributed by atoms with Crippen LogP contribution in [-0.2, 0) is 30.3 Å². The van der Waals surface area contributed by atoms with Gasteiger partial charge in [-0.1, -0.05) is 19.3 Å². The van der Waals surface area contributed by atoms with Crippen molar-refractivity contribution in [2.75, 3.05) is 66.3 Å². The van der Waals surface area contributed by atoms with Crippen LogP contribution in [0.5, 0.6) is 0 Å². The van der Waals surface area contributed by atoms with E-state index in [0.717, 1.165) is 44.2 Å². The van der Waals surface area contributed by atoms with Crippen LogP contribution >= 0.6 is 0 Å². The summed E-state index contributed by atoms with van der Waals surface area (Å²) >= 11 is 0. The Labute approximate surface area is 298 Å². The molecule has 1 aromatic heterocycles. The Morgan fingerprint density at radius 3 is 2.16 bits per heavy atom. The van der Waals surface area contributed by atoms with Crippen molar-refractivity contribution in [1.82, 2.24) is 24.6 Å². The lowest BCUT2D eigenvalue weighted by molar-refractivity contribution is -0.140. The number of halogens is 2. The molecule has 284 valence electrons. The molecule has 1 saturated carbocycles. The normalized spacial score (nSPS) is 16.9. The number of carbonyl (C=O) groups is 4. The van der Waals surface area contributed by atoms with Crippen LogP contribution in [0.25, 0.3) is 10.9 Å². The molecule has 0 bridgehead atoms. The van der Waals surface area contributed by atoms with E-state index in [2.05, 4.69) is 5.32 Å². The number of aliphatic hydroxyl groups is 1. The van der Waals surface area contributed by atoms with E-state index in [1.54, 1.807) is 42.1 Å². The van der Waals surface area contributed by atoms with Crippen molar-refractivity contribution in [1.29, 1.82) is 0 Å². The molecule has 2 atom stereocenters. The molecule has 13 nitrogen and oxygen atoms in total. The molecule has 2 aliphatic rings. The number of piperazine rings is 1. The van der Waals surface area contributed by atoms with Crippen LogP contribution < -0.4 is 5.32 Å². The van der Waals surface area contributed by atoms with Crippen molar-refractivity contribution in [2.45, 2.75) is 84.0 Å². The lowest BCUT2D eigenvalue weighted by atomic mass is 9.83. The summed E-state index contributed by atoms with van der Waals surface area (Å²) in [6, 6.07) is 1.99. The van der Waals surface area contributed by atoms with E-state index in [1.165, 1.54) is 18.0 Å². The summed E-state index contributed by atoms with van der Waals surface area (Å²) in [4.78, 5) is 58.5. The zero-order valence-electron chi connectivity index (χ0n) is 30.4. The molecule has 1 aliphatic carbocycles. The number of hydrogen-bond acceptors (Lipinski definition) is 8. The molecule has 1 saturated heterocycles. The van der Waals surface area contributed by atoms with Gasteiger partial charge in [0.1, 0.15) is 23.4 Å². The van der Waals surface area contributed by atoms with Crippen LogP contribution in [0.1, 0.15) is 70.3 Å². The second-order valence-electron chi connectivity index (χ2n) is 14.2. The van der Waals surface area contributed by atoms with Gasteiger partial charge >= 0.3 is 6.09 Å². The quantitative estimate of drug-likeness (QED) is 0.282. The van der Waals surface area contributed by atoms with E-state index in [-0.39, 0.29) is 89.2 Å².